The number of halogens is 2. The van der Waals surface area contributed by atoms with Crippen molar-refractivity contribution in [3.63, 3.8) is 0 Å². The van der Waals surface area contributed by atoms with Gasteiger partial charge in [0.15, 0.2) is 17.4 Å². The molecule has 0 radical (unpaired) electrons. The summed E-state index contributed by atoms with van der Waals surface area (Å²) in [6, 6.07) is 0.901. The lowest BCUT2D eigenvalue weighted by Crippen LogP contribution is -2.30. The van der Waals surface area contributed by atoms with Crippen molar-refractivity contribution >= 4 is 22.0 Å². The number of benzene rings is 1. The summed E-state index contributed by atoms with van der Waals surface area (Å²) in [6.07, 6.45) is 2.00. The molecule has 3 amide bonds. The molecule has 168 valence electrons. The van der Waals surface area contributed by atoms with E-state index >= 15 is 0 Å². The van der Waals surface area contributed by atoms with E-state index in [0.29, 0.717) is 32.2 Å². The Hall–Kier alpha value is -2.27. The first-order valence-electron chi connectivity index (χ1n) is 9.84. The minimum absolute atomic E-state index is 0.00390. The Morgan fingerprint density at radius 1 is 1.23 bits per heavy atom. The van der Waals surface area contributed by atoms with Crippen LogP contribution in [-0.4, -0.2) is 50.7 Å². The lowest BCUT2D eigenvalue weighted by atomic mass is 10.1. The van der Waals surface area contributed by atoms with E-state index in [0.717, 1.165) is 6.07 Å². The molecule has 8 nitrogen and oxygen atoms in total. The number of nitrogens with zero attached hydrogens (tertiary/aromatic N) is 1. The van der Waals surface area contributed by atoms with Crippen molar-refractivity contribution in [2.75, 3.05) is 25.4 Å². The molecule has 1 aromatic carbocycles. The molecule has 1 aliphatic rings. The van der Waals surface area contributed by atoms with Crippen LogP contribution in [0.25, 0.3) is 0 Å². The normalized spacial score (nSPS) is 15.4. The molecule has 0 unspecified atom stereocenters. The van der Waals surface area contributed by atoms with Crippen LogP contribution in [0, 0.1) is 11.6 Å². The maximum absolute atomic E-state index is 14.6. The van der Waals surface area contributed by atoms with Crippen LogP contribution in [0.3, 0.4) is 0 Å². The van der Waals surface area contributed by atoms with Gasteiger partial charge >= 0.3 is 6.03 Å². The van der Waals surface area contributed by atoms with Crippen LogP contribution >= 0.6 is 0 Å². The molecule has 11 heteroatoms. The molecular weight excluding hydrogens is 420 g/mol. The van der Waals surface area contributed by atoms with Gasteiger partial charge in [-0.3, -0.25) is 10.1 Å². The molecule has 1 fully saturated rings. The minimum atomic E-state index is -3.70. The smallest absolute Gasteiger partial charge is 0.324 e. The molecule has 0 aliphatic carbocycles. The second-order valence-electron chi connectivity index (χ2n) is 7.12. The molecule has 0 aromatic heterocycles. The predicted molar refractivity (Wildman–Crippen MR) is 106 cm³/mol. The monoisotopic (exact) mass is 447 g/mol. The standard InChI is InChI=1S/C19H27F2N3O5S/c1-3-10-29-18-15(20)8-7-14(17(18)21)13(2)23-30(27,28)11-6-4-5-9-24-12-16(25)22-19(24)26/h7-8,13,23H,3-6,9-12H2,1-2H3,(H,22,25,26)/t13-/m0/s1. The largest absolute Gasteiger partial charge is 0.488 e. The average Bonchev–Trinajstić information content (AvgIpc) is 2.98. The van der Waals surface area contributed by atoms with Crippen molar-refractivity contribution in [3.05, 3.63) is 29.3 Å². The Bertz CT molecular complexity index is 879. The summed E-state index contributed by atoms with van der Waals surface area (Å²) in [5.41, 5.74) is -0.00390. The Morgan fingerprint density at radius 2 is 1.97 bits per heavy atom. The third-order valence-electron chi connectivity index (χ3n) is 4.56. The summed E-state index contributed by atoms with van der Waals surface area (Å²) in [5.74, 6) is -2.79. The number of hydrogen-bond acceptors (Lipinski definition) is 5. The highest BCUT2D eigenvalue weighted by atomic mass is 32.2. The summed E-state index contributed by atoms with van der Waals surface area (Å²) in [6.45, 7) is 3.80. The molecule has 1 atom stereocenters. The quantitative estimate of drug-likeness (QED) is 0.378. The van der Waals surface area contributed by atoms with Crippen molar-refractivity contribution in [1.29, 1.82) is 0 Å². The first-order valence-corrected chi connectivity index (χ1v) is 11.5. The number of sulfonamides is 1. The number of nitrogens with one attached hydrogen (secondary N) is 2. The van der Waals surface area contributed by atoms with E-state index in [1.807, 2.05) is 0 Å². The van der Waals surface area contributed by atoms with Crippen molar-refractivity contribution in [2.45, 2.75) is 45.6 Å². The van der Waals surface area contributed by atoms with Crippen LogP contribution in [0.5, 0.6) is 5.75 Å². The van der Waals surface area contributed by atoms with Gasteiger partial charge in [-0.15, -0.1) is 0 Å². The summed E-state index contributed by atoms with van der Waals surface area (Å²) in [5, 5.41) is 2.17. The molecule has 1 aromatic rings. The van der Waals surface area contributed by atoms with Gasteiger partial charge in [-0.2, -0.15) is 0 Å². The molecule has 0 spiro atoms. The lowest BCUT2D eigenvalue weighted by molar-refractivity contribution is -0.118. The van der Waals surface area contributed by atoms with Crippen LogP contribution < -0.4 is 14.8 Å². The van der Waals surface area contributed by atoms with Gasteiger partial charge in [0.25, 0.3) is 0 Å². The second-order valence-corrected chi connectivity index (χ2v) is 9.00. The highest BCUT2D eigenvalue weighted by Crippen LogP contribution is 2.29. The number of hydrogen-bond donors (Lipinski definition) is 2. The molecule has 1 aliphatic heterocycles. The van der Waals surface area contributed by atoms with E-state index in [9.17, 15) is 26.8 Å². The first kappa shape index (κ1) is 24.0. The Morgan fingerprint density at radius 3 is 2.60 bits per heavy atom. The Kier molecular flexibility index (Phi) is 8.54. The van der Waals surface area contributed by atoms with E-state index in [-0.39, 0.29) is 30.4 Å². The summed E-state index contributed by atoms with van der Waals surface area (Å²) >= 11 is 0. The summed E-state index contributed by atoms with van der Waals surface area (Å²) in [4.78, 5) is 23.9. The van der Waals surface area contributed by atoms with Crippen LogP contribution in [0.15, 0.2) is 12.1 Å². The maximum Gasteiger partial charge on any atom is 0.324 e. The molecule has 0 bridgehead atoms. The van der Waals surface area contributed by atoms with Gasteiger partial charge in [-0.1, -0.05) is 19.4 Å². The second kappa shape index (κ2) is 10.7. The van der Waals surface area contributed by atoms with Crippen LogP contribution in [0.4, 0.5) is 13.6 Å². The number of rotatable bonds is 12. The van der Waals surface area contributed by atoms with Gasteiger partial charge < -0.3 is 9.64 Å². The van der Waals surface area contributed by atoms with Gasteiger partial charge in [0, 0.05) is 18.2 Å². The number of urea groups is 1. The number of carbonyl (C=O) groups excluding carboxylic acids is 2. The number of carbonyl (C=O) groups is 2. The zero-order chi connectivity index (χ0) is 22.3. The number of ether oxygens (including phenoxy) is 1. The molecule has 30 heavy (non-hydrogen) atoms. The van der Waals surface area contributed by atoms with Crippen LogP contribution in [0.1, 0.15) is 51.1 Å². The van der Waals surface area contributed by atoms with Gasteiger partial charge in [0.2, 0.25) is 15.9 Å². The van der Waals surface area contributed by atoms with E-state index in [2.05, 4.69) is 10.0 Å². The third kappa shape index (κ3) is 6.63. The molecule has 0 saturated carbocycles. The van der Waals surface area contributed by atoms with Gasteiger partial charge in [0.05, 0.1) is 12.4 Å². The van der Waals surface area contributed by atoms with E-state index in [1.165, 1.54) is 17.9 Å². The average molecular weight is 448 g/mol. The van der Waals surface area contributed by atoms with Crippen LogP contribution in [-0.2, 0) is 14.8 Å². The molecule has 2 rings (SSSR count). The van der Waals surface area contributed by atoms with Gasteiger partial charge in [-0.25, -0.2) is 26.7 Å². The minimum Gasteiger partial charge on any atom is -0.488 e. The fourth-order valence-corrected chi connectivity index (χ4v) is 4.41. The fraction of sp³-hybridized carbons (Fsp3) is 0.579. The SMILES string of the molecule is CCCOc1c(F)ccc([C@H](C)NS(=O)(=O)CCCCCN2CC(=O)NC2=O)c1F. The van der Waals surface area contributed by atoms with Crippen molar-refractivity contribution < 1.29 is 31.5 Å². The topological polar surface area (TPSA) is 105 Å². The van der Waals surface area contributed by atoms with E-state index < -0.39 is 39.5 Å². The first-order chi connectivity index (χ1) is 14.1. The van der Waals surface area contributed by atoms with Gasteiger partial charge in [-0.05, 0) is 32.3 Å². The van der Waals surface area contributed by atoms with Crippen molar-refractivity contribution in [2.24, 2.45) is 0 Å². The Labute approximate surface area is 175 Å². The lowest BCUT2D eigenvalue weighted by Gasteiger charge is -2.17. The summed E-state index contributed by atoms with van der Waals surface area (Å²) in [7, 11) is -3.70. The predicted octanol–water partition coefficient (Wildman–Crippen LogP) is 2.46. The number of imide groups is 1. The molecule has 1 saturated heterocycles. The Balaban J connectivity index is 1.84. The highest BCUT2D eigenvalue weighted by molar-refractivity contribution is 7.89. The van der Waals surface area contributed by atoms with Gasteiger partial charge in [0.1, 0.15) is 6.54 Å². The number of amides is 3. The fourth-order valence-electron chi connectivity index (χ4n) is 3.05. The molecule has 1 heterocycles. The molecular formula is C19H27F2N3O5S. The van der Waals surface area contributed by atoms with Crippen molar-refractivity contribution in [3.8, 4) is 5.75 Å². The third-order valence-corrected chi connectivity index (χ3v) is 6.10. The maximum atomic E-state index is 14.6. The van der Waals surface area contributed by atoms with Crippen molar-refractivity contribution in [1.82, 2.24) is 14.9 Å². The summed E-state index contributed by atoms with van der Waals surface area (Å²) < 4.78 is 60.5. The van der Waals surface area contributed by atoms with E-state index in [1.54, 1.807) is 6.92 Å². The zero-order valence-electron chi connectivity index (χ0n) is 17.0. The zero-order valence-corrected chi connectivity index (χ0v) is 17.9. The van der Waals surface area contributed by atoms with E-state index in [4.69, 9.17) is 4.74 Å². The number of unbranched alkanes of at least 4 members (excludes halogenated alkanes) is 2. The highest BCUT2D eigenvalue weighted by Gasteiger charge is 2.26. The van der Waals surface area contributed by atoms with Crippen LogP contribution in [0.2, 0.25) is 0 Å². The molecule has 2 N–H and O–H groups in total.